The summed E-state index contributed by atoms with van der Waals surface area (Å²) >= 11 is 0. The summed E-state index contributed by atoms with van der Waals surface area (Å²) in [4.78, 5) is 68.3. The zero-order chi connectivity index (χ0) is 36.1. The Labute approximate surface area is 278 Å². The maximum atomic E-state index is 14.3. The van der Waals surface area contributed by atoms with Crippen LogP contribution in [0.3, 0.4) is 0 Å². The SMILES string of the molecule is C=CCCC(=O)C(=O)[C@@H](CC(=O)[C@@H]1[C@H]2CCC[C@H]2CN1C(=O)[C@@H](NC(=O)N[C@H](CN(C)S(C)(=O)=O)C(C)(C)C)C(C)(C)C)CC(F)F. The third kappa shape index (κ3) is 11.2. The molecule has 47 heavy (non-hydrogen) atoms. The van der Waals surface area contributed by atoms with E-state index < -0.39 is 93.5 Å². The van der Waals surface area contributed by atoms with Gasteiger partial charge in [-0.05, 0) is 41.9 Å². The molecule has 1 heterocycles. The number of carbonyl (C=O) groups excluding carboxylic acids is 5. The van der Waals surface area contributed by atoms with Gasteiger partial charge in [-0.15, -0.1) is 6.58 Å². The summed E-state index contributed by atoms with van der Waals surface area (Å²) in [6.45, 7) is 14.6. The molecular weight excluding hydrogens is 634 g/mol. The number of likely N-dealkylation sites (tertiary alicyclic amines) is 1. The number of likely N-dealkylation sites (N-methyl/N-ethyl adjacent to an activating group) is 1. The van der Waals surface area contributed by atoms with Crippen molar-refractivity contribution in [3.05, 3.63) is 12.7 Å². The number of alkyl halides is 2. The number of allylic oxidation sites excluding steroid dienone is 1. The van der Waals surface area contributed by atoms with E-state index in [0.717, 1.165) is 23.4 Å². The molecule has 0 bridgehead atoms. The number of urea groups is 1. The molecular formula is C33H54F2N4O7S. The molecule has 11 nitrogen and oxygen atoms in total. The number of sulfonamides is 1. The average Bonchev–Trinajstić information content (AvgIpc) is 3.52. The Morgan fingerprint density at radius 1 is 1.02 bits per heavy atom. The maximum absolute atomic E-state index is 14.3. The van der Waals surface area contributed by atoms with Gasteiger partial charge < -0.3 is 15.5 Å². The Morgan fingerprint density at radius 2 is 1.64 bits per heavy atom. The highest BCUT2D eigenvalue weighted by molar-refractivity contribution is 7.88. The first-order chi connectivity index (χ1) is 21.5. The highest BCUT2D eigenvalue weighted by Crippen LogP contribution is 2.44. The van der Waals surface area contributed by atoms with Crippen LogP contribution in [0.4, 0.5) is 13.6 Å². The second kappa shape index (κ2) is 16.1. The van der Waals surface area contributed by atoms with E-state index in [9.17, 15) is 41.2 Å². The van der Waals surface area contributed by atoms with E-state index in [4.69, 9.17) is 0 Å². The predicted octanol–water partition coefficient (Wildman–Crippen LogP) is 3.97. The van der Waals surface area contributed by atoms with Crippen LogP contribution in [-0.2, 0) is 29.2 Å². The molecule has 1 saturated carbocycles. The summed E-state index contributed by atoms with van der Waals surface area (Å²) in [5.41, 5.74) is -1.38. The lowest BCUT2D eigenvalue weighted by Crippen LogP contribution is -2.61. The van der Waals surface area contributed by atoms with Gasteiger partial charge in [0, 0.05) is 51.4 Å². The first-order valence-electron chi connectivity index (χ1n) is 16.3. The van der Waals surface area contributed by atoms with Gasteiger partial charge in [0.1, 0.15) is 6.04 Å². The van der Waals surface area contributed by atoms with Gasteiger partial charge in [-0.1, -0.05) is 54.0 Å². The van der Waals surface area contributed by atoms with Crippen LogP contribution in [0.15, 0.2) is 12.7 Å². The van der Waals surface area contributed by atoms with E-state index >= 15 is 0 Å². The highest BCUT2D eigenvalue weighted by Gasteiger charge is 2.52. The van der Waals surface area contributed by atoms with Gasteiger partial charge in [0.25, 0.3) is 0 Å². The molecule has 2 N–H and O–H groups in total. The normalized spacial score (nSPS) is 22.0. The summed E-state index contributed by atoms with van der Waals surface area (Å²) in [5.74, 6) is -4.63. The molecule has 1 aliphatic carbocycles. The largest absolute Gasteiger partial charge is 0.334 e. The van der Waals surface area contributed by atoms with E-state index in [1.54, 1.807) is 20.8 Å². The second-order valence-electron chi connectivity index (χ2n) is 15.3. The molecule has 0 aromatic carbocycles. The molecule has 0 unspecified atom stereocenters. The third-order valence-electron chi connectivity index (χ3n) is 9.38. The Morgan fingerprint density at radius 3 is 2.15 bits per heavy atom. The number of amides is 3. The van der Waals surface area contributed by atoms with Crippen molar-refractivity contribution < 1.29 is 41.2 Å². The van der Waals surface area contributed by atoms with E-state index in [0.29, 0.717) is 6.42 Å². The third-order valence-corrected chi connectivity index (χ3v) is 10.7. The minimum absolute atomic E-state index is 0.00220. The number of hydrogen-bond donors (Lipinski definition) is 2. The Balaban J connectivity index is 2.35. The molecule has 268 valence electrons. The standard InChI is InChI=1S/C33H54F2N4O7S/c1-10-11-15-23(40)28(42)21(17-26(34)35)16-24(41)27-22-14-12-13-20(22)18-39(27)30(43)29(33(5,6)7)37-31(44)36-25(32(2,3)4)19-38(8)47(9,45)46/h10,20-22,25-27,29H,1,11-19H2,2-9H3,(H2,36,37,44)/t20-,21-,22-,25+,27-,29+/m0/s1. The number of nitrogens with one attached hydrogen (secondary N) is 2. The Hall–Kier alpha value is -2.74. The van der Waals surface area contributed by atoms with E-state index in [1.165, 1.54) is 18.0 Å². The van der Waals surface area contributed by atoms with Crippen molar-refractivity contribution in [3.8, 4) is 0 Å². The van der Waals surface area contributed by atoms with E-state index in [1.807, 2.05) is 20.8 Å². The Bertz CT molecular complexity index is 1290. The number of nitrogens with zero attached hydrogens (tertiary/aromatic N) is 2. The van der Waals surface area contributed by atoms with Crippen molar-refractivity contribution in [3.63, 3.8) is 0 Å². The van der Waals surface area contributed by atoms with Crippen LogP contribution in [-0.4, -0.2) is 97.9 Å². The summed E-state index contributed by atoms with van der Waals surface area (Å²) in [6, 6.07) is -3.41. The Kier molecular flexibility index (Phi) is 13.9. The van der Waals surface area contributed by atoms with Gasteiger partial charge in [-0.2, -0.15) is 0 Å². The lowest BCUT2D eigenvalue weighted by atomic mass is 9.83. The number of rotatable bonds is 16. The van der Waals surface area contributed by atoms with Crippen LogP contribution in [0.2, 0.25) is 0 Å². The van der Waals surface area contributed by atoms with Crippen molar-refractivity contribution in [2.45, 2.75) is 111 Å². The molecule has 1 aliphatic heterocycles. The smallest absolute Gasteiger partial charge is 0.315 e. The number of hydrogen-bond acceptors (Lipinski definition) is 7. The van der Waals surface area contributed by atoms with Gasteiger partial charge in [-0.25, -0.2) is 26.3 Å². The summed E-state index contributed by atoms with van der Waals surface area (Å²) < 4.78 is 52.3. The minimum Gasteiger partial charge on any atom is -0.334 e. The molecule has 1 saturated heterocycles. The maximum Gasteiger partial charge on any atom is 0.315 e. The van der Waals surface area contributed by atoms with Crippen LogP contribution < -0.4 is 10.6 Å². The first-order valence-corrected chi connectivity index (χ1v) is 18.1. The molecule has 6 atom stereocenters. The molecule has 0 aromatic heterocycles. The number of carbonyl (C=O) groups is 5. The zero-order valence-electron chi connectivity index (χ0n) is 29.1. The highest BCUT2D eigenvalue weighted by atomic mass is 32.2. The zero-order valence-corrected chi connectivity index (χ0v) is 29.9. The van der Waals surface area contributed by atoms with Crippen molar-refractivity contribution in [2.75, 3.05) is 26.4 Å². The molecule has 0 spiro atoms. The van der Waals surface area contributed by atoms with Crippen LogP contribution in [0.25, 0.3) is 0 Å². The van der Waals surface area contributed by atoms with Gasteiger partial charge in [0.15, 0.2) is 11.6 Å². The van der Waals surface area contributed by atoms with Gasteiger partial charge in [0.05, 0.1) is 12.3 Å². The number of fused-ring (bicyclic) bond motifs is 1. The minimum atomic E-state index is -3.53. The summed E-state index contributed by atoms with van der Waals surface area (Å²) in [5, 5.41) is 5.59. The van der Waals surface area contributed by atoms with Crippen LogP contribution in [0, 0.1) is 28.6 Å². The fourth-order valence-electron chi connectivity index (χ4n) is 6.46. The number of Topliss-reactive ketones (excluding diaryl/α,β-unsaturated/α-hetero) is 3. The summed E-state index contributed by atoms with van der Waals surface area (Å²) in [7, 11) is -2.12. The van der Waals surface area contributed by atoms with Crippen molar-refractivity contribution in [1.82, 2.24) is 19.8 Å². The molecule has 2 aliphatic rings. The quantitative estimate of drug-likeness (QED) is 0.184. The predicted molar refractivity (Wildman–Crippen MR) is 175 cm³/mol. The number of ketones is 3. The van der Waals surface area contributed by atoms with Crippen LogP contribution in [0.1, 0.15) is 86.5 Å². The van der Waals surface area contributed by atoms with E-state index in [2.05, 4.69) is 17.2 Å². The fourth-order valence-corrected chi connectivity index (χ4v) is 6.88. The first kappa shape index (κ1) is 40.4. The molecule has 0 radical (unpaired) electrons. The lowest BCUT2D eigenvalue weighted by Gasteiger charge is -2.38. The average molecular weight is 689 g/mol. The van der Waals surface area contributed by atoms with E-state index in [-0.39, 0.29) is 37.8 Å². The van der Waals surface area contributed by atoms with Crippen LogP contribution in [0.5, 0.6) is 0 Å². The van der Waals surface area contributed by atoms with Crippen LogP contribution >= 0.6 is 0 Å². The van der Waals surface area contributed by atoms with Gasteiger partial charge in [0.2, 0.25) is 28.1 Å². The number of halogens is 2. The van der Waals surface area contributed by atoms with Crippen molar-refractivity contribution >= 4 is 39.3 Å². The second-order valence-corrected chi connectivity index (χ2v) is 17.4. The van der Waals surface area contributed by atoms with Gasteiger partial charge >= 0.3 is 6.03 Å². The molecule has 0 aromatic rings. The summed E-state index contributed by atoms with van der Waals surface area (Å²) in [6.07, 6.45) is 0.342. The van der Waals surface area contributed by atoms with Gasteiger partial charge in [-0.3, -0.25) is 19.2 Å². The molecule has 3 amide bonds. The van der Waals surface area contributed by atoms with Crippen molar-refractivity contribution in [2.24, 2.45) is 28.6 Å². The molecule has 2 fully saturated rings. The monoisotopic (exact) mass is 688 g/mol. The fraction of sp³-hybridized carbons (Fsp3) is 0.788. The van der Waals surface area contributed by atoms with Crippen molar-refractivity contribution in [1.29, 1.82) is 0 Å². The lowest BCUT2D eigenvalue weighted by molar-refractivity contribution is -0.144. The molecule has 2 rings (SSSR count). The topological polar surface area (TPSA) is 150 Å². The molecule has 14 heteroatoms.